The zero-order valence-corrected chi connectivity index (χ0v) is 16.5. The normalized spacial score (nSPS) is 16.2. The standard InChI is InChI=1S/C18H20Cl2N2O3S/c19-13-3-4-16(14(20)10-13)25-12-18(23)21-11-15(17-2-1-9-26-17)22-5-7-24-8-6-22/h1-4,9-10,15H,5-8,11-12H2,(H,21,23)/p+1/t15-/m0/s1. The van der Waals surface area contributed by atoms with E-state index in [4.69, 9.17) is 32.7 Å². The van der Waals surface area contributed by atoms with Crippen molar-refractivity contribution < 1.29 is 19.2 Å². The van der Waals surface area contributed by atoms with Crippen molar-refractivity contribution in [1.29, 1.82) is 0 Å². The third-order valence-corrected chi connectivity index (χ3v) is 5.79. The third-order valence-electron chi connectivity index (χ3n) is 4.27. The number of carbonyl (C=O) groups is 1. The fourth-order valence-electron chi connectivity index (χ4n) is 2.92. The van der Waals surface area contributed by atoms with Crippen molar-refractivity contribution in [2.45, 2.75) is 6.04 Å². The van der Waals surface area contributed by atoms with E-state index in [-0.39, 0.29) is 18.6 Å². The Morgan fingerprint density at radius 2 is 2.12 bits per heavy atom. The van der Waals surface area contributed by atoms with Gasteiger partial charge < -0.3 is 19.7 Å². The number of nitrogens with one attached hydrogen (secondary N) is 2. The minimum absolute atomic E-state index is 0.0864. The number of quaternary nitrogens is 1. The highest BCUT2D eigenvalue weighted by molar-refractivity contribution is 7.10. The first-order chi connectivity index (χ1) is 12.6. The van der Waals surface area contributed by atoms with Gasteiger partial charge in [0.25, 0.3) is 5.91 Å². The topological polar surface area (TPSA) is 52.0 Å². The van der Waals surface area contributed by atoms with Crippen LogP contribution in [-0.4, -0.2) is 45.4 Å². The van der Waals surface area contributed by atoms with E-state index in [1.54, 1.807) is 29.5 Å². The Morgan fingerprint density at radius 1 is 1.31 bits per heavy atom. The first kappa shape index (κ1) is 19.5. The van der Waals surface area contributed by atoms with Gasteiger partial charge in [-0.3, -0.25) is 4.79 Å². The van der Waals surface area contributed by atoms with Crippen LogP contribution in [0.3, 0.4) is 0 Å². The third kappa shape index (κ3) is 5.34. The highest BCUT2D eigenvalue weighted by Crippen LogP contribution is 2.27. The molecule has 1 aliphatic heterocycles. The van der Waals surface area contributed by atoms with Crippen LogP contribution in [0.5, 0.6) is 5.75 Å². The van der Waals surface area contributed by atoms with E-state index >= 15 is 0 Å². The summed E-state index contributed by atoms with van der Waals surface area (Å²) in [5, 5.41) is 5.96. The lowest BCUT2D eigenvalue weighted by Gasteiger charge is -2.31. The van der Waals surface area contributed by atoms with Crippen molar-refractivity contribution in [3.63, 3.8) is 0 Å². The number of halogens is 2. The van der Waals surface area contributed by atoms with Gasteiger partial charge in [-0.25, -0.2) is 0 Å². The Kier molecular flexibility index (Phi) is 7.16. The molecule has 1 atom stereocenters. The fourth-order valence-corrected chi connectivity index (χ4v) is 4.27. The van der Waals surface area contributed by atoms with E-state index in [1.807, 2.05) is 6.07 Å². The van der Waals surface area contributed by atoms with Gasteiger partial charge in [0, 0.05) is 5.02 Å². The molecule has 1 aliphatic rings. The molecule has 2 heterocycles. The second-order valence-electron chi connectivity index (χ2n) is 6.01. The molecular formula is C18H21Cl2N2O3S+. The first-order valence-corrected chi connectivity index (χ1v) is 10.1. The molecule has 1 aromatic carbocycles. The Bertz CT molecular complexity index is 721. The molecule has 26 heavy (non-hydrogen) atoms. The number of carbonyl (C=O) groups excluding carboxylic acids is 1. The van der Waals surface area contributed by atoms with Crippen LogP contribution in [0.15, 0.2) is 35.7 Å². The van der Waals surface area contributed by atoms with Crippen LogP contribution in [0, 0.1) is 0 Å². The number of morpholine rings is 1. The highest BCUT2D eigenvalue weighted by Gasteiger charge is 2.27. The SMILES string of the molecule is O=C(COc1ccc(Cl)cc1Cl)NC[C@@H](c1cccs1)[NH+]1CCOCC1. The van der Waals surface area contributed by atoms with E-state index in [0.29, 0.717) is 22.3 Å². The molecule has 0 radical (unpaired) electrons. The van der Waals surface area contributed by atoms with Gasteiger partial charge in [-0.15, -0.1) is 11.3 Å². The first-order valence-electron chi connectivity index (χ1n) is 8.44. The lowest BCUT2D eigenvalue weighted by molar-refractivity contribution is -0.937. The summed E-state index contributed by atoms with van der Waals surface area (Å²) in [7, 11) is 0. The maximum absolute atomic E-state index is 12.2. The minimum Gasteiger partial charge on any atom is -0.482 e. The summed E-state index contributed by atoms with van der Waals surface area (Å²) in [6, 6.07) is 9.31. The summed E-state index contributed by atoms with van der Waals surface area (Å²) in [5.41, 5.74) is 0. The van der Waals surface area contributed by atoms with E-state index in [0.717, 1.165) is 26.3 Å². The molecule has 0 unspecified atom stereocenters. The summed E-state index contributed by atoms with van der Waals surface area (Å²) in [4.78, 5) is 14.9. The molecule has 0 aliphatic carbocycles. The fraction of sp³-hybridized carbons (Fsp3) is 0.389. The van der Waals surface area contributed by atoms with E-state index in [1.165, 1.54) is 9.78 Å². The van der Waals surface area contributed by atoms with Crippen LogP contribution in [0.25, 0.3) is 0 Å². The average molecular weight is 416 g/mol. The molecule has 2 N–H and O–H groups in total. The largest absolute Gasteiger partial charge is 0.482 e. The van der Waals surface area contributed by atoms with Gasteiger partial charge in [0.2, 0.25) is 0 Å². The number of amides is 1. The molecule has 1 fully saturated rings. The molecule has 0 saturated carbocycles. The molecule has 1 amide bonds. The molecule has 2 aromatic rings. The number of rotatable bonds is 7. The quantitative estimate of drug-likeness (QED) is 0.728. The number of hydrogen-bond acceptors (Lipinski definition) is 4. The predicted molar refractivity (Wildman–Crippen MR) is 104 cm³/mol. The molecule has 3 rings (SSSR count). The van der Waals surface area contributed by atoms with Crippen molar-refractivity contribution in [3.05, 3.63) is 50.6 Å². The number of benzene rings is 1. The number of ether oxygens (including phenoxy) is 2. The lowest BCUT2D eigenvalue weighted by Crippen LogP contribution is -3.15. The Balaban J connectivity index is 1.53. The highest BCUT2D eigenvalue weighted by atomic mass is 35.5. The molecule has 1 aromatic heterocycles. The van der Waals surface area contributed by atoms with Crippen LogP contribution in [0.1, 0.15) is 10.9 Å². The van der Waals surface area contributed by atoms with Crippen LogP contribution in [-0.2, 0) is 9.53 Å². The monoisotopic (exact) mass is 415 g/mol. The van der Waals surface area contributed by atoms with Crippen LogP contribution >= 0.6 is 34.5 Å². The van der Waals surface area contributed by atoms with Crippen molar-refractivity contribution in [2.75, 3.05) is 39.5 Å². The van der Waals surface area contributed by atoms with E-state index in [2.05, 4.69) is 16.8 Å². The summed E-state index contributed by atoms with van der Waals surface area (Å²) in [6.45, 7) is 3.86. The van der Waals surface area contributed by atoms with Crippen LogP contribution in [0.4, 0.5) is 0 Å². The molecule has 5 nitrogen and oxygen atoms in total. The van der Waals surface area contributed by atoms with Gasteiger partial charge in [-0.05, 0) is 29.6 Å². The van der Waals surface area contributed by atoms with Gasteiger partial charge in [-0.2, -0.15) is 0 Å². The zero-order valence-electron chi connectivity index (χ0n) is 14.2. The number of hydrogen-bond donors (Lipinski definition) is 2. The summed E-state index contributed by atoms with van der Waals surface area (Å²) < 4.78 is 10.9. The van der Waals surface area contributed by atoms with E-state index in [9.17, 15) is 4.79 Å². The van der Waals surface area contributed by atoms with Gasteiger partial charge in [0.15, 0.2) is 6.61 Å². The van der Waals surface area contributed by atoms with Crippen molar-refractivity contribution in [1.82, 2.24) is 5.32 Å². The lowest BCUT2D eigenvalue weighted by atomic mass is 10.2. The van der Waals surface area contributed by atoms with Crippen molar-refractivity contribution >= 4 is 40.4 Å². The second-order valence-corrected chi connectivity index (χ2v) is 7.83. The maximum Gasteiger partial charge on any atom is 0.258 e. The molecular weight excluding hydrogens is 395 g/mol. The summed E-state index contributed by atoms with van der Waals surface area (Å²) >= 11 is 13.6. The minimum atomic E-state index is -0.176. The Morgan fingerprint density at radius 3 is 2.81 bits per heavy atom. The molecule has 0 bridgehead atoms. The predicted octanol–water partition coefficient (Wildman–Crippen LogP) is 2.21. The molecule has 0 spiro atoms. The number of thiophene rings is 1. The van der Waals surface area contributed by atoms with Gasteiger partial charge >= 0.3 is 0 Å². The van der Waals surface area contributed by atoms with E-state index < -0.39 is 0 Å². The maximum atomic E-state index is 12.2. The average Bonchev–Trinajstić information content (AvgIpc) is 3.16. The molecule has 1 saturated heterocycles. The van der Waals surface area contributed by atoms with Gasteiger partial charge in [0.05, 0.1) is 29.7 Å². The Hall–Kier alpha value is -1.31. The zero-order chi connectivity index (χ0) is 18.4. The Labute approximate surface area is 166 Å². The summed E-state index contributed by atoms with van der Waals surface area (Å²) in [5.74, 6) is 0.269. The molecule has 140 valence electrons. The van der Waals surface area contributed by atoms with Gasteiger partial charge in [-0.1, -0.05) is 29.3 Å². The second kappa shape index (κ2) is 9.58. The van der Waals surface area contributed by atoms with Crippen LogP contribution in [0.2, 0.25) is 10.0 Å². The molecule has 8 heteroatoms. The smallest absolute Gasteiger partial charge is 0.258 e. The van der Waals surface area contributed by atoms with Crippen LogP contribution < -0.4 is 15.0 Å². The summed E-state index contributed by atoms with van der Waals surface area (Å²) in [6.07, 6.45) is 0. The van der Waals surface area contributed by atoms with Crippen molar-refractivity contribution in [2.24, 2.45) is 0 Å². The van der Waals surface area contributed by atoms with Crippen molar-refractivity contribution in [3.8, 4) is 5.75 Å². The van der Waals surface area contributed by atoms with Gasteiger partial charge in [0.1, 0.15) is 24.9 Å².